The third kappa shape index (κ3) is 4.38. The molecule has 3 rings (SSSR count). The van der Waals surface area contributed by atoms with Gasteiger partial charge in [0, 0.05) is 29.7 Å². The van der Waals surface area contributed by atoms with Gasteiger partial charge in [0.2, 0.25) is 0 Å². The number of hydrogen-bond acceptors (Lipinski definition) is 3. The topological polar surface area (TPSA) is 54.0 Å². The molecule has 2 N–H and O–H groups in total. The van der Waals surface area contributed by atoms with Gasteiger partial charge in [0.05, 0.1) is 0 Å². The van der Waals surface area contributed by atoms with E-state index >= 15 is 0 Å². The molecule has 1 amide bonds. The van der Waals surface area contributed by atoms with Crippen LogP contribution in [0.3, 0.4) is 0 Å². The minimum Gasteiger partial charge on any atom is -0.355 e. The maximum absolute atomic E-state index is 13.6. The van der Waals surface area contributed by atoms with E-state index in [0.29, 0.717) is 16.9 Å². The number of pyridine rings is 1. The highest BCUT2D eigenvalue weighted by molar-refractivity contribution is 5.93. The van der Waals surface area contributed by atoms with Crippen LogP contribution >= 0.6 is 0 Å². The summed E-state index contributed by atoms with van der Waals surface area (Å²) in [5, 5.41) is 5.63. The number of rotatable bonds is 5. The Morgan fingerprint density at radius 3 is 2.56 bits per heavy atom. The molecule has 0 aliphatic carbocycles. The van der Waals surface area contributed by atoms with E-state index < -0.39 is 5.91 Å². The van der Waals surface area contributed by atoms with Crippen molar-refractivity contribution in [3.63, 3.8) is 0 Å². The summed E-state index contributed by atoms with van der Waals surface area (Å²) in [4.78, 5) is 16.2. The molecule has 6 heteroatoms. The van der Waals surface area contributed by atoms with Crippen LogP contribution < -0.4 is 10.6 Å². The molecule has 0 aliphatic rings. The van der Waals surface area contributed by atoms with Gasteiger partial charge < -0.3 is 10.6 Å². The molecule has 25 heavy (non-hydrogen) atoms. The highest BCUT2D eigenvalue weighted by Crippen LogP contribution is 2.17. The number of carbonyl (C=O) groups is 1. The molecule has 0 bridgehead atoms. The number of hydrogen-bond donors (Lipinski definition) is 2. The van der Waals surface area contributed by atoms with Crippen LogP contribution in [0.4, 0.5) is 20.2 Å². The largest absolute Gasteiger partial charge is 0.355 e. The lowest BCUT2D eigenvalue weighted by molar-refractivity contribution is 0.0945. The molecule has 3 aromatic rings. The van der Waals surface area contributed by atoms with Crippen molar-refractivity contribution in [2.45, 2.75) is 6.54 Å². The van der Waals surface area contributed by atoms with Gasteiger partial charge in [-0.2, -0.15) is 0 Å². The lowest BCUT2D eigenvalue weighted by atomic mass is 10.2. The lowest BCUT2D eigenvalue weighted by Crippen LogP contribution is -2.24. The summed E-state index contributed by atoms with van der Waals surface area (Å²) in [6.45, 7) is 0.0642. The fraction of sp³-hybridized carbons (Fsp3) is 0.0526. The summed E-state index contributed by atoms with van der Waals surface area (Å²) in [6, 6.07) is 15.4. The zero-order valence-corrected chi connectivity index (χ0v) is 13.2. The molecule has 0 saturated carbocycles. The third-order valence-corrected chi connectivity index (χ3v) is 3.50. The number of aromatic nitrogens is 1. The Balaban J connectivity index is 1.68. The molecule has 2 aromatic carbocycles. The van der Waals surface area contributed by atoms with Crippen LogP contribution in [-0.4, -0.2) is 10.9 Å². The maximum atomic E-state index is 13.6. The molecule has 0 saturated heterocycles. The second-order valence-corrected chi connectivity index (χ2v) is 5.34. The van der Waals surface area contributed by atoms with Gasteiger partial charge in [-0.25, -0.2) is 8.78 Å². The number of carbonyl (C=O) groups excluding carboxylic acids is 1. The lowest BCUT2D eigenvalue weighted by Gasteiger charge is -2.09. The van der Waals surface area contributed by atoms with E-state index in [1.165, 1.54) is 24.4 Å². The fourth-order valence-corrected chi connectivity index (χ4v) is 2.27. The Morgan fingerprint density at radius 2 is 1.76 bits per heavy atom. The first-order valence-corrected chi connectivity index (χ1v) is 7.62. The molecule has 126 valence electrons. The van der Waals surface area contributed by atoms with Crippen molar-refractivity contribution in [2.75, 3.05) is 5.32 Å². The predicted molar refractivity (Wildman–Crippen MR) is 91.5 cm³/mol. The first kappa shape index (κ1) is 16.6. The normalized spacial score (nSPS) is 10.3. The SMILES string of the molecule is O=C(NCc1ccccc1F)c1cc(Nc2cccc(F)c2)ccn1. The van der Waals surface area contributed by atoms with Gasteiger partial charge >= 0.3 is 0 Å². The minimum absolute atomic E-state index is 0.0642. The quantitative estimate of drug-likeness (QED) is 0.738. The van der Waals surface area contributed by atoms with Gasteiger partial charge in [0.15, 0.2) is 0 Å². The number of halogens is 2. The summed E-state index contributed by atoms with van der Waals surface area (Å²) in [5.41, 5.74) is 1.73. The first-order valence-electron chi connectivity index (χ1n) is 7.62. The van der Waals surface area contributed by atoms with E-state index in [1.807, 2.05) is 0 Å². The number of anilines is 2. The summed E-state index contributed by atoms with van der Waals surface area (Å²) >= 11 is 0. The predicted octanol–water partition coefficient (Wildman–Crippen LogP) is 4.03. The van der Waals surface area contributed by atoms with Crippen LogP contribution in [0.15, 0.2) is 66.9 Å². The van der Waals surface area contributed by atoms with Gasteiger partial charge in [-0.15, -0.1) is 0 Å². The van der Waals surface area contributed by atoms with E-state index in [0.717, 1.165) is 0 Å². The molecule has 0 radical (unpaired) electrons. The van der Waals surface area contributed by atoms with Crippen molar-refractivity contribution in [3.05, 3.63) is 89.8 Å². The average Bonchev–Trinajstić information content (AvgIpc) is 2.61. The second-order valence-electron chi connectivity index (χ2n) is 5.34. The molecule has 0 spiro atoms. The smallest absolute Gasteiger partial charge is 0.270 e. The minimum atomic E-state index is -0.425. The Hall–Kier alpha value is -3.28. The zero-order chi connectivity index (χ0) is 17.6. The van der Waals surface area contributed by atoms with E-state index in [-0.39, 0.29) is 23.9 Å². The first-order chi connectivity index (χ1) is 12.1. The van der Waals surface area contributed by atoms with Crippen molar-refractivity contribution in [2.24, 2.45) is 0 Å². The highest BCUT2D eigenvalue weighted by Gasteiger charge is 2.09. The van der Waals surface area contributed by atoms with Gasteiger partial charge in [-0.3, -0.25) is 9.78 Å². The van der Waals surface area contributed by atoms with Crippen molar-refractivity contribution < 1.29 is 13.6 Å². The molecule has 1 aromatic heterocycles. The van der Waals surface area contributed by atoms with Gasteiger partial charge in [0.25, 0.3) is 5.91 Å². The number of nitrogens with one attached hydrogen (secondary N) is 2. The summed E-state index contributed by atoms with van der Waals surface area (Å²) < 4.78 is 26.8. The zero-order valence-electron chi connectivity index (χ0n) is 13.2. The molecule has 0 aliphatic heterocycles. The Bertz CT molecular complexity index is 899. The van der Waals surface area contributed by atoms with Gasteiger partial charge in [-0.05, 0) is 36.4 Å². The van der Waals surface area contributed by atoms with Crippen LogP contribution in [0.2, 0.25) is 0 Å². The molecule has 1 heterocycles. The molecular formula is C19H15F2N3O. The summed E-state index contributed by atoms with van der Waals surface area (Å²) in [5.74, 6) is -1.16. The highest BCUT2D eigenvalue weighted by atomic mass is 19.1. The molecule has 0 unspecified atom stereocenters. The van der Waals surface area contributed by atoms with Crippen LogP contribution in [-0.2, 0) is 6.54 Å². The molecule has 0 atom stereocenters. The monoisotopic (exact) mass is 339 g/mol. The van der Waals surface area contributed by atoms with E-state index in [1.54, 1.807) is 42.5 Å². The van der Waals surface area contributed by atoms with Crippen molar-refractivity contribution in [1.29, 1.82) is 0 Å². The van der Waals surface area contributed by atoms with Gasteiger partial charge in [-0.1, -0.05) is 24.3 Å². The molecular weight excluding hydrogens is 324 g/mol. The van der Waals surface area contributed by atoms with Crippen molar-refractivity contribution in [1.82, 2.24) is 10.3 Å². The molecule has 4 nitrogen and oxygen atoms in total. The summed E-state index contributed by atoms with van der Waals surface area (Å²) in [6.07, 6.45) is 1.47. The Labute approximate surface area is 143 Å². The number of nitrogens with zero attached hydrogens (tertiary/aromatic N) is 1. The molecule has 0 fully saturated rings. The Morgan fingerprint density at radius 1 is 0.960 bits per heavy atom. The van der Waals surface area contributed by atoms with E-state index in [9.17, 15) is 13.6 Å². The standard InChI is InChI=1S/C19H15F2N3O/c20-14-5-3-6-15(10-14)24-16-8-9-22-18(11-16)19(25)23-12-13-4-1-2-7-17(13)21/h1-11H,12H2,(H,22,24)(H,23,25). The van der Waals surface area contributed by atoms with Crippen LogP contribution in [0, 0.1) is 11.6 Å². The summed E-state index contributed by atoms with van der Waals surface area (Å²) in [7, 11) is 0. The van der Waals surface area contributed by atoms with E-state index in [2.05, 4.69) is 15.6 Å². The maximum Gasteiger partial charge on any atom is 0.270 e. The number of amides is 1. The van der Waals surface area contributed by atoms with Crippen molar-refractivity contribution >= 4 is 17.3 Å². The van der Waals surface area contributed by atoms with E-state index in [4.69, 9.17) is 0 Å². The van der Waals surface area contributed by atoms with Crippen LogP contribution in [0.25, 0.3) is 0 Å². The van der Waals surface area contributed by atoms with Crippen LogP contribution in [0.5, 0.6) is 0 Å². The van der Waals surface area contributed by atoms with Crippen molar-refractivity contribution in [3.8, 4) is 0 Å². The number of benzene rings is 2. The second kappa shape index (κ2) is 7.53. The average molecular weight is 339 g/mol. The third-order valence-electron chi connectivity index (χ3n) is 3.50. The van der Waals surface area contributed by atoms with Gasteiger partial charge in [0.1, 0.15) is 17.3 Å². The Kier molecular flexibility index (Phi) is 4.99. The van der Waals surface area contributed by atoms with Crippen LogP contribution in [0.1, 0.15) is 16.1 Å². The fourth-order valence-electron chi connectivity index (χ4n) is 2.27.